The molecule has 4 rings (SSSR count). The minimum atomic E-state index is -0.571. The molecule has 3 aromatic rings. The van der Waals surface area contributed by atoms with Gasteiger partial charge in [0.2, 0.25) is 0 Å². The molecule has 2 aromatic heterocycles. The smallest absolute Gasteiger partial charge is 0.257 e. The fourth-order valence-electron chi connectivity index (χ4n) is 3.13. The summed E-state index contributed by atoms with van der Waals surface area (Å²) >= 11 is 0. The van der Waals surface area contributed by atoms with Gasteiger partial charge in [-0.05, 0) is 49.9 Å². The van der Waals surface area contributed by atoms with Crippen LogP contribution in [0.5, 0.6) is 0 Å². The summed E-state index contributed by atoms with van der Waals surface area (Å²) in [6, 6.07) is 9.48. The van der Waals surface area contributed by atoms with Crippen molar-refractivity contribution in [2.45, 2.75) is 32.2 Å². The first kappa shape index (κ1) is 17.7. The van der Waals surface area contributed by atoms with E-state index >= 15 is 0 Å². The summed E-state index contributed by atoms with van der Waals surface area (Å²) < 4.78 is 6.85. The van der Waals surface area contributed by atoms with Crippen LogP contribution in [0.25, 0.3) is 11.5 Å². The van der Waals surface area contributed by atoms with Crippen molar-refractivity contribution in [2.24, 2.45) is 11.7 Å². The normalized spacial score (nSPS) is 14.4. The topological polar surface area (TPSA) is 136 Å². The number of benzene rings is 1. The molecule has 1 aromatic carbocycles. The summed E-state index contributed by atoms with van der Waals surface area (Å²) in [5, 5.41) is 20.5. The molecule has 1 aliphatic carbocycles. The number of nitrogens with zero attached hydrogens (tertiary/aromatic N) is 5. The van der Waals surface area contributed by atoms with Crippen LogP contribution in [0.2, 0.25) is 0 Å². The Balaban J connectivity index is 1.58. The number of hydrogen-bond donors (Lipinski definition) is 2. The number of aryl methyl sites for hydroxylation is 1. The number of hydrogen-bond acceptors (Lipinski definition) is 7. The molecule has 0 radical (unpaired) electrons. The molecule has 0 saturated heterocycles. The minimum absolute atomic E-state index is 0.0400. The molecule has 3 N–H and O–H groups in total. The Morgan fingerprint density at radius 2 is 2.18 bits per heavy atom. The lowest BCUT2D eigenvalue weighted by Gasteiger charge is -2.12. The first-order valence-electron chi connectivity index (χ1n) is 8.99. The molecule has 0 aliphatic heterocycles. The molecule has 28 heavy (non-hydrogen) atoms. The van der Waals surface area contributed by atoms with E-state index in [0.717, 1.165) is 24.1 Å². The number of anilines is 2. The zero-order chi connectivity index (χ0) is 19.7. The zero-order valence-corrected chi connectivity index (χ0v) is 15.3. The highest BCUT2D eigenvalue weighted by atomic mass is 16.5. The van der Waals surface area contributed by atoms with E-state index in [1.807, 2.05) is 24.3 Å². The van der Waals surface area contributed by atoms with Crippen LogP contribution in [-0.2, 0) is 0 Å². The van der Waals surface area contributed by atoms with E-state index in [9.17, 15) is 4.79 Å². The van der Waals surface area contributed by atoms with E-state index < -0.39 is 5.91 Å². The number of nitriles is 1. The van der Waals surface area contributed by atoms with Crippen molar-refractivity contribution in [3.05, 3.63) is 41.9 Å². The van der Waals surface area contributed by atoms with Crippen LogP contribution in [-0.4, -0.2) is 25.8 Å². The number of aromatic nitrogens is 4. The maximum absolute atomic E-state index is 11.9. The molecule has 142 valence electrons. The largest absolute Gasteiger partial charge is 0.365 e. The van der Waals surface area contributed by atoms with E-state index in [0.29, 0.717) is 35.4 Å². The predicted octanol–water partition coefficient (Wildman–Crippen LogP) is 2.95. The number of nitrogens with one attached hydrogen (secondary N) is 1. The van der Waals surface area contributed by atoms with Gasteiger partial charge in [-0.15, -0.1) is 0 Å². The van der Waals surface area contributed by atoms with Gasteiger partial charge in [0.15, 0.2) is 11.6 Å². The highest BCUT2D eigenvalue weighted by Gasteiger charge is 2.33. The summed E-state index contributed by atoms with van der Waals surface area (Å²) in [5.74, 6) is 1.23. The van der Waals surface area contributed by atoms with Crippen LogP contribution in [0, 0.1) is 24.2 Å². The monoisotopic (exact) mass is 377 g/mol. The standard InChI is InChI=1S/C19H19N7O2/c1-11-22-19(28-25-11)13-4-6-14(7-5-13)23-18-15(17(21)27)10-26(24-18)16(8-9-20)12-2-3-12/h4-7,10,12,16H,2-3,8H2,1H3,(H2,21,27)(H,23,24). The average molecular weight is 377 g/mol. The lowest BCUT2D eigenvalue weighted by atomic mass is 10.1. The van der Waals surface area contributed by atoms with Gasteiger partial charge >= 0.3 is 0 Å². The summed E-state index contributed by atoms with van der Waals surface area (Å²) in [6.45, 7) is 1.76. The second-order valence-electron chi connectivity index (χ2n) is 6.85. The van der Waals surface area contributed by atoms with Crippen molar-refractivity contribution < 1.29 is 9.32 Å². The van der Waals surface area contributed by atoms with Crippen molar-refractivity contribution in [1.29, 1.82) is 5.26 Å². The minimum Gasteiger partial charge on any atom is -0.365 e. The second kappa shape index (κ2) is 7.15. The van der Waals surface area contributed by atoms with Crippen LogP contribution >= 0.6 is 0 Å². The van der Waals surface area contributed by atoms with E-state index in [2.05, 4.69) is 26.6 Å². The number of amides is 1. The number of primary amides is 1. The molecule has 1 fully saturated rings. The number of carbonyl (C=O) groups is 1. The Hall–Kier alpha value is -3.67. The number of carbonyl (C=O) groups excluding carboxylic acids is 1. The van der Waals surface area contributed by atoms with Gasteiger partial charge in [0.05, 0.1) is 18.5 Å². The van der Waals surface area contributed by atoms with Gasteiger partial charge in [-0.1, -0.05) is 5.16 Å². The maximum atomic E-state index is 11.9. The molecule has 2 heterocycles. The third-order valence-corrected chi connectivity index (χ3v) is 4.73. The fourth-order valence-corrected chi connectivity index (χ4v) is 3.13. The van der Waals surface area contributed by atoms with Gasteiger partial charge in [-0.25, -0.2) is 0 Å². The fraction of sp³-hybridized carbons (Fsp3) is 0.316. The lowest BCUT2D eigenvalue weighted by molar-refractivity contribution is 0.100. The third-order valence-electron chi connectivity index (χ3n) is 4.73. The van der Waals surface area contributed by atoms with Crippen molar-refractivity contribution in [3.63, 3.8) is 0 Å². The highest BCUT2D eigenvalue weighted by Crippen LogP contribution is 2.41. The first-order valence-corrected chi connectivity index (χ1v) is 8.99. The van der Waals surface area contributed by atoms with E-state index in [-0.39, 0.29) is 6.04 Å². The van der Waals surface area contributed by atoms with Gasteiger partial charge in [-0.3, -0.25) is 9.48 Å². The van der Waals surface area contributed by atoms with Crippen molar-refractivity contribution in [1.82, 2.24) is 19.9 Å². The van der Waals surface area contributed by atoms with Gasteiger partial charge < -0.3 is 15.6 Å². The number of nitrogens with two attached hydrogens (primary N) is 1. The Morgan fingerprint density at radius 3 is 2.75 bits per heavy atom. The van der Waals surface area contributed by atoms with Crippen molar-refractivity contribution in [3.8, 4) is 17.5 Å². The average Bonchev–Trinajstić information content (AvgIpc) is 3.29. The van der Waals surface area contributed by atoms with E-state index in [1.165, 1.54) is 0 Å². The molecule has 1 atom stereocenters. The van der Waals surface area contributed by atoms with Crippen LogP contribution in [0.1, 0.15) is 41.5 Å². The molecular formula is C19H19N7O2. The Kier molecular flexibility index (Phi) is 4.53. The molecule has 9 heteroatoms. The van der Waals surface area contributed by atoms with Crippen LogP contribution < -0.4 is 11.1 Å². The Bertz CT molecular complexity index is 1040. The van der Waals surface area contributed by atoms with Gasteiger partial charge in [0.25, 0.3) is 11.8 Å². The summed E-state index contributed by atoms with van der Waals surface area (Å²) in [5.41, 5.74) is 7.34. The third kappa shape index (κ3) is 3.57. The molecule has 1 saturated carbocycles. The molecule has 1 unspecified atom stereocenters. The number of rotatable bonds is 7. The molecule has 1 aliphatic rings. The SMILES string of the molecule is Cc1noc(-c2ccc(Nc3nn(C(CC#N)C4CC4)cc3C(N)=O)cc2)n1. The van der Waals surface area contributed by atoms with Crippen LogP contribution in [0.4, 0.5) is 11.5 Å². The maximum Gasteiger partial charge on any atom is 0.257 e. The van der Waals surface area contributed by atoms with Crippen molar-refractivity contribution >= 4 is 17.4 Å². The summed E-state index contributed by atoms with van der Waals surface area (Å²) in [7, 11) is 0. The second-order valence-corrected chi connectivity index (χ2v) is 6.85. The van der Waals surface area contributed by atoms with Gasteiger partial charge in [0, 0.05) is 17.4 Å². The Morgan fingerprint density at radius 1 is 1.43 bits per heavy atom. The van der Waals surface area contributed by atoms with E-state index in [4.69, 9.17) is 15.5 Å². The van der Waals surface area contributed by atoms with Crippen LogP contribution in [0.3, 0.4) is 0 Å². The molecule has 1 amide bonds. The van der Waals surface area contributed by atoms with Gasteiger partial charge in [-0.2, -0.15) is 15.3 Å². The van der Waals surface area contributed by atoms with E-state index in [1.54, 1.807) is 17.8 Å². The first-order chi connectivity index (χ1) is 13.5. The lowest BCUT2D eigenvalue weighted by Crippen LogP contribution is -2.12. The zero-order valence-electron chi connectivity index (χ0n) is 15.3. The predicted molar refractivity (Wildman–Crippen MR) is 100 cm³/mol. The molecule has 0 bridgehead atoms. The quantitative estimate of drug-likeness (QED) is 0.646. The molecule has 9 nitrogen and oxygen atoms in total. The van der Waals surface area contributed by atoms with Crippen LogP contribution in [0.15, 0.2) is 35.0 Å². The highest BCUT2D eigenvalue weighted by molar-refractivity contribution is 5.98. The van der Waals surface area contributed by atoms with Crippen molar-refractivity contribution in [2.75, 3.05) is 5.32 Å². The Labute approximate surface area is 161 Å². The van der Waals surface area contributed by atoms with Gasteiger partial charge in [0.1, 0.15) is 5.56 Å². The molecule has 0 spiro atoms. The summed E-state index contributed by atoms with van der Waals surface area (Å²) in [4.78, 5) is 16.1. The molecular weight excluding hydrogens is 358 g/mol. The summed E-state index contributed by atoms with van der Waals surface area (Å²) in [6.07, 6.45) is 4.11.